The van der Waals surface area contributed by atoms with E-state index in [4.69, 9.17) is 22.1 Å². The van der Waals surface area contributed by atoms with Gasteiger partial charge in [0.25, 0.3) is 0 Å². The van der Waals surface area contributed by atoms with Gasteiger partial charge < -0.3 is 15.8 Å². The van der Waals surface area contributed by atoms with Crippen molar-refractivity contribution in [2.75, 3.05) is 23.1 Å². The van der Waals surface area contributed by atoms with Gasteiger partial charge in [-0.25, -0.2) is 0 Å². The maximum absolute atomic E-state index is 13.6. The standard InChI is InChI=1S/C28H26ClN7O3S2/c1-28(2)10-19-24(20(37)11-28)23(15-5-4-8-32-13-15)17(12-30)25(31)36(19)26-34-35-27(41-26)40-14-22(38)33-18-9-16(29)6-7-21(18)39-3/h4-9,13,23H,10-11,14,31H2,1-3H3,(H,33,38). The number of Topliss-reactive ketones (excluding diaryl/α,β-unsaturated/α-hetero) is 1. The van der Waals surface area contributed by atoms with Crippen LogP contribution in [0.3, 0.4) is 0 Å². The van der Waals surface area contributed by atoms with Crippen molar-refractivity contribution in [1.29, 1.82) is 5.26 Å². The summed E-state index contributed by atoms with van der Waals surface area (Å²) in [5.74, 6) is -0.184. The molecule has 3 N–H and O–H groups in total. The molecule has 3 heterocycles. The number of anilines is 2. The minimum Gasteiger partial charge on any atom is -0.495 e. The average molecular weight is 608 g/mol. The molecule has 1 aliphatic heterocycles. The van der Waals surface area contributed by atoms with Crippen molar-refractivity contribution >= 4 is 57.2 Å². The van der Waals surface area contributed by atoms with Crippen LogP contribution in [0, 0.1) is 16.7 Å². The molecule has 0 radical (unpaired) electrons. The zero-order chi connectivity index (χ0) is 29.3. The number of amides is 1. The van der Waals surface area contributed by atoms with E-state index in [0.717, 1.165) is 5.56 Å². The number of thioether (sulfide) groups is 1. The summed E-state index contributed by atoms with van der Waals surface area (Å²) in [5.41, 5.74) is 9.01. The number of carbonyl (C=O) groups is 2. The number of nitriles is 1. The monoisotopic (exact) mass is 607 g/mol. The van der Waals surface area contributed by atoms with Crippen LogP contribution in [0.5, 0.6) is 5.75 Å². The molecular weight excluding hydrogens is 582 g/mol. The summed E-state index contributed by atoms with van der Waals surface area (Å²) < 4.78 is 5.81. The van der Waals surface area contributed by atoms with Crippen molar-refractivity contribution in [2.24, 2.45) is 11.1 Å². The first-order valence-corrected chi connectivity index (χ1v) is 14.8. The van der Waals surface area contributed by atoms with E-state index in [2.05, 4.69) is 26.6 Å². The van der Waals surface area contributed by atoms with Crippen LogP contribution in [-0.4, -0.2) is 39.7 Å². The maximum atomic E-state index is 13.6. The molecule has 1 atom stereocenters. The van der Waals surface area contributed by atoms with Crippen LogP contribution in [0.15, 0.2) is 69.7 Å². The molecular formula is C28H26ClN7O3S2. The Morgan fingerprint density at radius 2 is 2.15 bits per heavy atom. The van der Waals surface area contributed by atoms with Gasteiger partial charge in [0.15, 0.2) is 10.1 Å². The van der Waals surface area contributed by atoms with Gasteiger partial charge >= 0.3 is 0 Å². The lowest BCUT2D eigenvalue weighted by Crippen LogP contribution is -2.42. The van der Waals surface area contributed by atoms with E-state index in [1.54, 1.807) is 41.6 Å². The van der Waals surface area contributed by atoms with E-state index >= 15 is 0 Å². The molecule has 0 saturated heterocycles. The van der Waals surface area contributed by atoms with Crippen LogP contribution in [0.4, 0.5) is 10.8 Å². The van der Waals surface area contributed by atoms with Crippen molar-refractivity contribution in [3.63, 3.8) is 0 Å². The number of aromatic nitrogens is 3. The number of halogens is 1. The number of hydrogen-bond donors (Lipinski definition) is 2. The molecule has 41 heavy (non-hydrogen) atoms. The molecule has 3 aromatic rings. The average Bonchev–Trinajstić information content (AvgIpc) is 3.39. The highest BCUT2D eigenvalue weighted by Gasteiger charge is 2.45. The topological polar surface area (TPSA) is 147 Å². The van der Waals surface area contributed by atoms with E-state index < -0.39 is 5.92 Å². The molecule has 2 aromatic heterocycles. The van der Waals surface area contributed by atoms with Crippen LogP contribution in [0.25, 0.3) is 0 Å². The normalized spacial score (nSPS) is 18.2. The van der Waals surface area contributed by atoms with E-state index in [1.807, 2.05) is 19.9 Å². The third kappa shape index (κ3) is 5.79. The number of hydrogen-bond acceptors (Lipinski definition) is 11. The van der Waals surface area contributed by atoms with Gasteiger partial charge in [-0.3, -0.25) is 19.5 Å². The van der Waals surface area contributed by atoms with Crippen molar-refractivity contribution < 1.29 is 14.3 Å². The molecule has 1 aliphatic carbocycles. The molecule has 0 saturated carbocycles. The van der Waals surface area contributed by atoms with Gasteiger partial charge in [-0.05, 0) is 41.7 Å². The fourth-order valence-corrected chi connectivity index (χ4v) is 6.90. The Kier molecular flexibility index (Phi) is 8.04. The largest absolute Gasteiger partial charge is 0.495 e. The molecule has 1 amide bonds. The lowest BCUT2D eigenvalue weighted by molar-refractivity contribution is -0.118. The fraction of sp³-hybridized carbons (Fsp3) is 0.286. The van der Waals surface area contributed by atoms with Gasteiger partial charge in [-0.1, -0.05) is 54.6 Å². The highest BCUT2D eigenvalue weighted by atomic mass is 35.5. The zero-order valence-electron chi connectivity index (χ0n) is 22.5. The number of nitrogens with two attached hydrogens (primary N) is 1. The summed E-state index contributed by atoms with van der Waals surface area (Å²) >= 11 is 8.50. The fourth-order valence-electron chi connectivity index (χ4n) is 5.05. The molecule has 0 bridgehead atoms. The first kappa shape index (κ1) is 28.6. The number of allylic oxidation sites excluding steroid dienone is 3. The minimum absolute atomic E-state index is 0.0393. The highest BCUT2D eigenvalue weighted by Crippen LogP contribution is 2.50. The number of ketones is 1. The molecule has 1 unspecified atom stereocenters. The van der Waals surface area contributed by atoms with Gasteiger partial charge in [0.1, 0.15) is 11.6 Å². The number of carbonyl (C=O) groups excluding carboxylic acids is 2. The number of pyridine rings is 1. The van der Waals surface area contributed by atoms with Gasteiger partial charge in [-0.15, -0.1) is 10.2 Å². The zero-order valence-corrected chi connectivity index (χ0v) is 24.9. The van der Waals surface area contributed by atoms with Gasteiger partial charge in [-0.2, -0.15) is 5.26 Å². The molecule has 0 spiro atoms. The number of nitrogens with zero attached hydrogens (tertiary/aromatic N) is 5. The summed E-state index contributed by atoms with van der Waals surface area (Å²) in [6, 6.07) is 10.8. The Hall–Kier alpha value is -3.92. The number of methoxy groups -OCH3 is 1. The second-order valence-corrected chi connectivity index (χ2v) is 12.9. The highest BCUT2D eigenvalue weighted by molar-refractivity contribution is 8.01. The van der Waals surface area contributed by atoms with E-state index in [9.17, 15) is 14.9 Å². The van der Waals surface area contributed by atoms with Crippen molar-refractivity contribution in [3.05, 3.63) is 76.0 Å². The van der Waals surface area contributed by atoms with Crippen molar-refractivity contribution in [3.8, 4) is 11.8 Å². The molecule has 2 aliphatic rings. The third-order valence-corrected chi connectivity index (χ3v) is 9.03. The summed E-state index contributed by atoms with van der Waals surface area (Å²) in [4.78, 5) is 32.2. The predicted octanol–water partition coefficient (Wildman–Crippen LogP) is 5.27. The van der Waals surface area contributed by atoms with E-state index in [1.165, 1.54) is 30.2 Å². The molecule has 10 nitrogen and oxygen atoms in total. The number of rotatable bonds is 7. The van der Waals surface area contributed by atoms with Crippen molar-refractivity contribution in [1.82, 2.24) is 15.2 Å². The maximum Gasteiger partial charge on any atom is 0.234 e. The predicted molar refractivity (Wildman–Crippen MR) is 159 cm³/mol. The molecule has 0 fully saturated rings. The number of nitrogens with one attached hydrogen (secondary N) is 1. The third-order valence-electron chi connectivity index (χ3n) is 6.75. The summed E-state index contributed by atoms with van der Waals surface area (Å²) in [6.45, 7) is 4.06. The van der Waals surface area contributed by atoms with Gasteiger partial charge in [0.2, 0.25) is 11.0 Å². The Morgan fingerprint density at radius 1 is 1.34 bits per heavy atom. The Morgan fingerprint density at radius 3 is 2.85 bits per heavy atom. The quantitative estimate of drug-likeness (QED) is 0.340. The van der Waals surface area contributed by atoms with Crippen LogP contribution >= 0.6 is 34.7 Å². The first-order valence-electron chi connectivity index (χ1n) is 12.6. The van der Waals surface area contributed by atoms with Gasteiger partial charge in [0, 0.05) is 35.1 Å². The van der Waals surface area contributed by atoms with E-state index in [-0.39, 0.29) is 34.3 Å². The number of ether oxygens (including phenoxy) is 1. The second kappa shape index (κ2) is 11.5. The summed E-state index contributed by atoms with van der Waals surface area (Å²) in [7, 11) is 1.51. The van der Waals surface area contributed by atoms with Crippen LogP contribution in [-0.2, 0) is 9.59 Å². The minimum atomic E-state index is -0.613. The second-order valence-electron chi connectivity index (χ2n) is 10.3. The van der Waals surface area contributed by atoms with Gasteiger partial charge in [0.05, 0.1) is 36.1 Å². The van der Waals surface area contributed by atoms with Crippen molar-refractivity contribution in [2.45, 2.75) is 36.9 Å². The van der Waals surface area contributed by atoms with E-state index in [0.29, 0.717) is 50.0 Å². The molecule has 210 valence electrons. The Bertz CT molecular complexity index is 1630. The number of benzene rings is 1. The molecule has 13 heteroatoms. The van der Waals surface area contributed by atoms with Crippen LogP contribution in [0.1, 0.15) is 38.2 Å². The lowest BCUT2D eigenvalue weighted by atomic mass is 9.69. The molecule has 1 aromatic carbocycles. The lowest BCUT2D eigenvalue weighted by Gasteiger charge is -2.42. The smallest absolute Gasteiger partial charge is 0.234 e. The SMILES string of the molecule is COc1ccc(Cl)cc1NC(=O)CSc1nnc(N2C(N)=C(C#N)C(c3cccnc3)C3=C2CC(C)(C)CC3=O)s1. The molecule has 5 rings (SSSR count). The Labute approximate surface area is 250 Å². The first-order chi connectivity index (χ1) is 19.6. The Balaban J connectivity index is 1.44. The summed E-state index contributed by atoms with van der Waals surface area (Å²) in [5, 5.41) is 22.5. The summed E-state index contributed by atoms with van der Waals surface area (Å²) in [6.07, 6.45) is 4.20. The van der Waals surface area contributed by atoms with Crippen LogP contribution in [0.2, 0.25) is 5.02 Å². The van der Waals surface area contributed by atoms with Crippen LogP contribution < -0.4 is 20.7 Å².